The Morgan fingerprint density at radius 1 is 1.45 bits per heavy atom. The molecule has 5 nitrogen and oxygen atoms in total. The number of hydrogen-bond donors (Lipinski definition) is 2. The number of nitrogens with one attached hydrogen (secondary N) is 2. The van der Waals surface area contributed by atoms with Crippen molar-refractivity contribution in [2.45, 2.75) is 44.8 Å². The molecule has 20 heavy (non-hydrogen) atoms. The zero-order valence-corrected chi connectivity index (χ0v) is 12.9. The Labute approximate surface area is 122 Å². The largest absolute Gasteiger partial charge is 0.379 e. The fourth-order valence-electron chi connectivity index (χ4n) is 2.88. The van der Waals surface area contributed by atoms with E-state index in [0.29, 0.717) is 18.1 Å². The van der Waals surface area contributed by atoms with E-state index in [1.165, 1.54) is 0 Å². The van der Waals surface area contributed by atoms with Crippen molar-refractivity contribution >= 4 is 5.96 Å². The molecule has 1 aliphatic carbocycles. The zero-order valence-electron chi connectivity index (χ0n) is 12.9. The Bertz CT molecular complexity index is 348. The Balaban J connectivity index is 1.74. The highest BCUT2D eigenvalue weighted by atomic mass is 16.5. The molecule has 0 radical (unpaired) electrons. The van der Waals surface area contributed by atoms with Gasteiger partial charge in [0, 0.05) is 38.3 Å². The first-order chi connectivity index (χ1) is 9.70. The van der Waals surface area contributed by atoms with Gasteiger partial charge in [-0.15, -0.1) is 0 Å². The summed E-state index contributed by atoms with van der Waals surface area (Å²) in [5, 5.41) is 6.91. The molecule has 0 bridgehead atoms. The average Bonchev–Trinajstić information content (AvgIpc) is 2.96. The van der Waals surface area contributed by atoms with E-state index in [2.05, 4.69) is 46.5 Å². The minimum atomic E-state index is 0.481. The fraction of sp³-hybridized carbons (Fsp3) is 0.800. The van der Waals surface area contributed by atoms with Gasteiger partial charge in [-0.3, -0.25) is 9.89 Å². The average molecular weight is 280 g/mol. The van der Waals surface area contributed by atoms with Gasteiger partial charge in [0.25, 0.3) is 0 Å². The van der Waals surface area contributed by atoms with Gasteiger partial charge in [0.1, 0.15) is 0 Å². The van der Waals surface area contributed by atoms with Gasteiger partial charge in [-0.2, -0.15) is 0 Å². The number of aliphatic imine (C=N–C) groups is 1. The van der Waals surface area contributed by atoms with Gasteiger partial charge < -0.3 is 15.4 Å². The van der Waals surface area contributed by atoms with Gasteiger partial charge in [0.15, 0.2) is 5.96 Å². The van der Waals surface area contributed by atoms with E-state index < -0.39 is 0 Å². The zero-order chi connectivity index (χ0) is 14.4. The highest BCUT2D eigenvalue weighted by Crippen LogP contribution is 2.10. The van der Waals surface area contributed by atoms with Crippen molar-refractivity contribution in [3.63, 3.8) is 0 Å². The van der Waals surface area contributed by atoms with Crippen LogP contribution in [0.2, 0.25) is 0 Å². The first kappa shape index (κ1) is 15.3. The van der Waals surface area contributed by atoms with Gasteiger partial charge in [0.2, 0.25) is 0 Å². The van der Waals surface area contributed by atoms with Gasteiger partial charge in [-0.05, 0) is 26.7 Å². The van der Waals surface area contributed by atoms with Gasteiger partial charge in [0.05, 0.1) is 13.2 Å². The van der Waals surface area contributed by atoms with E-state index in [9.17, 15) is 0 Å². The van der Waals surface area contributed by atoms with Crippen molar-refractivity contribution in [2.24, 2.45) is 4.99 Å². The van der Waals surface area contributed by atoms with E-state index in [1.54, 1.807) is 0 Å². The molecule has 0 amide bonds. The van der Waals surface area contributed by atoms with E-state index in [4.69, 9.17) is 4.74 Å². The molecule has 0 aromatic heterocycles. The number of ether oxygens (including phenoxy) is 1. The summed E-state index contributed by atoms with van der Waals surface area (Å²) in [6.07, 6.45) is 6.64. The molecule has 114 valence electrons. The fourth-order valence-corrected chi connectivity index (χ4v) is 2.88. The lowest BCUT2D eigenvalue weighted by molar-refractivity contribution is -0.0174. The van der Waals surface area contributed by atoms with Crippen LogP contribution in [0, 0.1) is 0 Å². The third kappa shape index (κ3) is 4.21. The summed E-state index contributed by atoms with van der Waals surface area (Å²) in [6, 6.07) is 1.47. The van der Waals surface area contributed by atoms with E-state index in [0.717, 1.165) is 45.1 Å². The van der Waals surface area contributed by atoms with Crippen molar-refractivity contribution < 1.29 is 4.74 Å². The van der Waals surface area contributed by atoms with E-state index >= 15 is 0 Å². The minimum absolute atomic E-state index is 0.481. The molecule has 0 aromatic rings. The lowest BCUT2D eigenvalue weighted by Crippen LogP contribution is -2.53. The molecule has 2 atom stereocenters. The predicted molar refractivity (Wildman–Crippen MR) is 83.1 cm³/mol. The molecule has 2 N–H and O–H groups in total. The number of morpholine rings is 1. The summed E-state index contributed by atoms with van der Waals surface area (Å²) >= 11 is 0. The maximum atomic E-state index is 5.49. The van der Waals surface area contributed by atoms with Crippen LogP contribution in [0.1, 0.15) is 26.7 Å². The smallest absolute Gasteiger partial charge is 0.191 e. The molecule has 1 fully saturated rings. The van der Waals surface area contributed by atoms with Gasteiger partial charge in [-0.25, -0.2) is 0 Å². The van der Waals surface area contributed by atoms with Crippen LogP contribution in [0.15, 0.2) is 17.1 Å². The Kier molecular flexibility index (Phi) is 5.86. The summed E-state index contributed by atoms with van der Waals surface area (Å²) < 4.78 is 5.49. The third-order valence-corrected chi connectivity index (χ3v) is 4.12. The van der Waals surface area contributed by atoms with Crippen molar-refractivity contribution in [3.05, 3.63) is 12.2 Å². The van der Waals surface area contributed by atoms with Gasteiger partial charge >= 0.3 is 0 Å². The quantitative estimate of drug-likeness (QED) is 0.458. The topological polar surface area (TPSA) is 48.9 Å². The molecule has 2 aliphatic rings. The van der Waals surface area contributed by atoms with Crippen LogP contribution < -0.4 is 10.6 Å². The Morgan fingerprint density at radius 2 is 2.20 bits per heavy atom. The number of nitrogens with zero attached hydrogens (tertiary/aromatic N) is 2. The minimum Gasteiger partial charge on any atom is -0.379 e. The van der Waals surface area contributed by atoms with Crippen LogP contribution in [0.4, 0.5) is 0 Å². The summed E-state index contributed by atoms with van der Waals surface area (Å²) in [4.78, 5) is 6.81. The highest BCUT2D eigenvalue weighted by molar-refractivity contribution is 5.80. The molecule has 1 heterocycles. The van der Waals surface area contributed by atoms with Crippen molar-refractivity contribution in [1.82, 2.24) is 15.5 Å². The second kappa shape index (κ2) is 7.64. The van der Waals surface area contributed by atoms with Crippen LogP contribution in [-0.4, -0.2) is 62.3 Å². The normalized spacial score (nSPS) is 26.8. The molecule has 0 aromatic carbocycles. The molecule has 2 rings (SSSR count). The maximum absolute atomic E-state index is 5.49. The SMILES string of the molecule is CN=C(NCC(C)N1CCOCC1C)NC1CC=CC1. The second-order valence-electron chi connectivity index (χ2n) is 5.75. The van der Waals surface area contributed by atoms with Crippen molar-refractivity contribution in [1.29, 1.82) is 0 Å². The predicted octanol–water partition coefficient (Wildman–Crippen LogP) is 0.979. The van der Waals surface area contributed by atoms with Crippen LogP contribution in [0.3, 0.4) is 0 Å². The lowest BCUT2D eigenvalue weighted by Gasteiger charge is -2.38. The molecule has 1 saturated heterocycles. The molecule has 0 saturated carbocycles. The van der Waals surface area contributed by atoms with Crippen LogP contribution in [0.25, 0.3) is 0 Å². The Hall–Kier alpha value is -1.07. The van der Waals surface area contributed by atoms with Crippen molar-refractivity contribution in [3.8, 4) is 0 Å². The molecule has 0 spiro atoms. The standard InChI is InChI=1S/C15H28N4O/c1-12(19-8-9-20-11-13(19)2)10-17-15(16-3)18-14-6-4-5-7-14/h4-5,12-14H,6-11H2,1-3H3,(H2,16,17,18). The lowest BCUT2D eigenvalue weighted by atomic mass is 10.2. The summed E-state index contributed by atoms with van der Waals surface area (Å²) in [7, 11) is 1.83. The highest BCUT2D eigenvalue weighted by Gasteiger charge is 2.23. The Morgan fingerprint density at radius 3 is 2.85 bits per heavy atom. The first-order valence-electron chi connectivity index (χ1n) is 7.66. The molecule has 2 unspecified atom stereocenters. The third-order valence-electron chi connectivity index (χ3n) is 4.12. The van der Waals surface area contributed by atoms with E-state index in [-0.39, 0.29) is 0 Å². The summed E-state index contributed by atoms with van der Waals surface area (Å²) in [5.74, 6) is 0.909. The van der Waals surface area contributed by atoms with E-state index in [1.807, 2.05) is 7.05 Å². The van der Waals surface area contributed by atoms with Crippen LogP contribution >= 0.6 is 0 Å². The number of guanidine groups is 1. The monoisotopic (exact) mass is 280 g/mol. The summed E-state index contributed by atoms with van der Waals surface area (Å²) in [5.41, 5.74) is 0. The number of hydrogen-bond acceptors (Lipinski definition) is 3. The van der Waals surface area contributed by atoms with Gasteiger partial charge in [-0.1, -0.05) is 12.2 Å². The van der Waals surface area contributed by atoms with Crippen LogP contribution in [-0.2, 0) is 4.74 Å². The first-order valence-corrected chi connectivity index (χ1v) is 7.66. The van der Waals surface area contributed by atoms with Crippen molar-refractivity contribution in [2.75, 3.05) is 33.4 Å². The molecule has 5 heteroatoms. The van der Waals surface area contributed by atoms with Crippen LogP contribution in [0.5, 0.6) is 0 Å². The molecule has 1 aliphatic heterocycles. The molecular weight excluding hydrogens is 252 g/mol. The maximum Gasteiger partial charge on any atom is 0.191 e. The number of rotatable bonds is 4. The second-order valence-corrected chi connectivity index (χ2v) is 5.75. The summed E-state index contributed by atoms with van der Waals surface area (Å²) in [6.45, 7) is 8.10. The molecular formula is C15H28N4O.